The zero-order valence-electron chi connectivity index (χ0n) is 10.3. The van der Waals surface area contributed by atoms with E-state index in [1.807, 2.05) is 0 Å². The number of quaternary nitrogens is 1. The lowest BCUT2D eigenvalue weighted by molar-refractivity contribution is -0.908. The van der Waals surface area contributed by atoms with Gasteiger partial charge in [-0.1, -0.05) is 19.9 Å². The van der Waals surface area contributed by atoms with E-state index < -0.39 is 0 Å². The first-order valence-electron chi connectivity index (χ1n) is 5.70. The highest BCUT2D eigenvalue weighted by Gasteiger charge is 2.18. The average molecular weight is 214 g/mol. The van der Waals surface area contributed by atoms with Gasteiger partial charge in [-0.15, -0.1) is 0 Å². The summed E-state index contributed by atoms with van der Waals surface area (Å²) in [5.41, 5.74) is 0. The number of carbonyl (C=O) groups excluding carboxylic acids is 1. The quantitative estimate of drug-likeness (QED) is 0.351. The monoisotopic (exact) mass is 214 g/mol. The number of unbranched alkanes of at least 4 members (excludes halogenated alkanes) is 1. The molecule has 1 unspecified atom stereocenters. The Balaban J connectivity index is 3.86. The molecule has 0 saturated heterocycles. The van der Waals surface area contributed by atoms with Crippen LogP contribution in [0.3, 0.4) is 0 Å². The Bertz CT molecular complexity index is 204. The van der Waals surface area contributed by atoms with Gasteiger partial charge in [0.05, 0.1) is 20.1 Å². The van der Waals surface area contributed by atoms with Crippen molar-refractivity contribution >= 4 is 5.97 Å². The van der Waals surface area contributed by atoms with Gasteiger partial charge in [0.25, 0.3) is 0 Å². The molecule has 0 aliphatic heterocycles. The Morgan fingerprint density at radius 1 is 1.40 bits per heavy atom. The number of likely N-dealkylation sites (N-methyl/N-ethyl adjacent to an activating group) is 1. The van der Waals surface area contributed by atoms with Crippen LogP contribution in [0.4, 0.5) is 0 Å². The fourth-order valence-corrected chi connectivity index (χ4v) is 1.39. The lowest BCUT2D eigenvalue weighted by atomic mass is 10.2. The Morgan fingerprint density at radius 2 is 2.07 bits per heavy atom. The summed E-state index contributed by atoms with van der Waals surface area (Å²) in [4.78, 5) is 10.9. The summed E-state index contributed by atoms with van der Waals surface area (Å²) >= 11 is 0. The van der Waals surface area contributed by atoms with Crippen LogP contribution >= 0.6 is 0 Å². The lowest BCUT2D eigenvalue weighted by Gasteiger charge is -2.33. The summed E-state index contributed by atoms with van der Waals surface area (Å²) in [5, 5.41) is 0. The van der Waals surface area contributed by atoms with Crippen molar-refractivity contribution < 1.29 is 14.0 Å². The Morgan fingerprint density at radius 3 is 2.53 bits per heavy atom. The number of ether oxygens (including phenoxy) is 1. The molecule has 0 fully saturated rings. The molecule has 3 nitrogen and oxygen atoms in total. The largest absolute Gasteiger partial charge is 0.457 e. The zero-order valence-corrected chi connectivity index (χ0v) is 10.3. The van der Waals surface area contributed by atoms with Gasteiger partial charge in [-0.05, 0) is 13.3 Å². The summed E-state index contributed by atoms with van der Waals surface area (Å²) in [6.07, 6.45) is 3.64. The second kappa shape index (κ2) is 7.46. The Kier molecular flexibility index (Phi) is 7.05. The topological polar surface area (TPSA) is 26.3 Å². The van der Waals surface area contributed by atoms with E-state index >= 15 is 0 Å². The first kappa shape index (κ1) is 14.2. The van der Waals surface area contributed by atoms with Crippen molar-refractivity contribution in [2.75, 3.05) is 33.3 Å². The molecular formula is C12H24NO2+. The lowest BCUT2D eigenvalue weighted by Crippen LogP contribution is -2.47. The molecule has 0 aliphatic carbocycles. The highest BCUT2D eigenvalue weighted by Crippen LogP contribution is 2.05. The van der Waals surface area contributed by atoms with Gasteiger partial charge in [0.2, 0.25) is 0 Å². The fourth-order valence-electron chi connectivity index (χ4n) is 1.39. The van der Waals surface area contributed by atoms with Crippen LogP contribution < -0.4 is 0 Å². The van der Waals surface area contributed by atoms with E-state index in [9.17, 15) is 4.79 Å². The number of hydrogen-bond acceptors (Lipinski definition) is 2. The highest BCUT2D eigenvalue weighted by molar-refractivity contribution is 5.81. The predicted octanol–water partition coefficient (Wildman–Crippen LogP) is 1.98. The van der Waals surface area contributed by atoms with E-state index in [1.54, 1.807) is 0 Å². The van der Waals surface area contributed by atoms with Crippen molar-refractivity contribution in [2.24, 2.45) is 0 Å². The van der Waals surface area contributed by atoms with Crippen LogP contribution in [-0.2, 0) is 9.53 Å². The number of esters is 1. The molecular weight excluding hydrogens is 190 g/mol. The summed E-state index contributed by atoms with van der Waals surface area (Å²) in [6, 6.07) is 0. The molecule has 0 heterocycles. The average Bonchev–Trinajstić information content (AvgIpc) is 2.26. The number of carbonyl (C=O) groups is 1. The Hall–Kier alpha value is -0.830. The van der Waals surface area contributed by atoms with Crippen molar-refractivity contribution in [3.63, 3.8) is 0 Å². The first-order valence-corrected chi connectivity index (χ1v) is 5.70. The summed E-state index contributed by atoms with van der Waals surface area (Å²) < 4.78 is 5.97. The van der Waals surface area contributed by atoms with Gasteiger partial charge in [0.15, 0.2) is 0 Å². The van der Waals surface area contributed by atoms with Gasteiger partial charge in [0, 0.05) is 6.08 Å². The molecule has 0 saturated carbocycles. The van der Waals surface area contributed by atoms with Crippen molar-refractivity contribution in [2.45, 2.75) is 26.7 Å². The van der Waals surface area contributed by atoms with Crippen LogP contribution in [0.5, 0.6) is 0 Å². The third-order valence-corrected chi connectivity index (χ3v) is 2.86. The third-order valence-electron chi connectivity index (χ3n) is 2.86. The van der Waals surface area contributed by atoms with Gasteiger partial charge >= 0.3 is 5.97 Å². The van der Waals surface area contributed by atoms with Crippen molar-refractivity contribution in [1.29, 1.82) is 0 Å². The first-order chi connectivity index (χ1) is 7.08. The highest BCUT2D eigenvalue weighted by atomic mass is 16.5. The maximum absolute atomic E-state index is 10.9. The second-order valence-corrected chi connectivity index (χ2v) is 4.11. The third kappa shape index (κ3) is 6.28. The molecule has 0 aromatic carbocycles. The van der Waals surface area contributed by atoms with Crippen LogP contribution in [0.25, 0.3) is 0 Å². The minimum Gasteiger partial charge on any atom is -0.457 e. The van der Waals surface area contributed by atoms with E-state index in [2.05, 4.69) is 27.5 Å². The van der Waals surface area contributed by atoms with Crippen LogP contribution in [0.1, 0.15) is 26.7 Å². The molecule has 88 valence electrons. The van der Waals surface area contributed by atoms with E-state index in [0.717, 1.165) is 24.1 Å². The van der Waals surface area contributed by atoms with Gasteiger partial charge < -0.3 is 9.22 Å². The standard InChI is InChI=1S/C12H24NO2/c1-5-8-9-13(4,7-3)10-11-15-12(14)6-2/h6H,2,5,7-11H2,1,3-4H3/q+1. The normalized spacial score (nSPS) is 14.3. The summed E-state index contributed by atoms with van der Waals surface area (Å²) in [6.45, 7) is 11.3. The molecule has 0 aliphatic rings. The fraction of sp³-hybridized carbons (Fsp3) is 0.750. The maximum atomic E-state index is 10.9. The molecule has 0 rings (SSSR count). The molecule has 0 aromatic heterocycles. The molecule has 0 spiro atoms. The minimum atomic E-state index is -0.326. The summed E-state index contributed by atoms with van der Waals surface area (Å²) in [7, 11) is 2.21. The molecule has 1 atom stereocenters. The van der Waals surface area contributed by atoms with Gasteiger partial charge in [-0.2, -0.15) is 0 Å². The molecule has 3 heteroatoms. The molecule has 0 amide bonds. The second-order valence-electron chi connectivity index (χ2n) is 4.11. The van der Waals surface area contributed by atoms with E-state index in [4.69, 9.17) is 4.74 Å². The van der Waals surface area contributed by atoms with Crippen LogP contribution in [0.15, 0.2) is 12.7 Å². The molecule has 0 bridgehead atoms. The van der Waals surface area contributed by atoms with E-state index in [1.165, 1.54) is 18.9 Å². The van der Waals surface area contributed by atoms with Crippen LogP contribution in [0.2, 0.25) is 0 Å². The molecule has 0 radical (unpaired) electrons. The molecule has 15 heavy (non-hydrogen) atoms. The van der Waals surface area contributed by atoms with E-state index in [0.29, 0.717) is 6.61 Å². The van der Waals surface area contributed by atoms with Crippen molar-refractivity contribution in [1.82, 2.24) is 0 Å². The summed E-state index contributed by atoms with van der Waals surface area (Å²) in [5.74, 6) is -0.326. The Labute approximate surface area is 93.3 Å². The van der Waals surface area contributed by atoms with Gasteiger partial charge in [-0.3, -0.25) is 0 Å². The number of hydrogen-bond donors (Lipinski definition) is 0. The predicted molar refractivity (Wildman–Crippen MR) is 62.5 cm³/mol. The molecule has 0 N–H and O–H groups in total. The zero-order chi connectivity index (χ0) is 11.7. The number of nitrogens with zero attached hydrogens (tertiary/aromatic N) is 1. The molecule has 0 aromatic rings. The van der Waals surface area contributed by atoms with Crippen LogP contribution in [0, 0.1) is 0 Å². The van der Waals surface area contributed by atoms with Gasteiger partial charge in [0.1, 0.15) is 13.2 Å². The van der Waals surface area contributed by atoms with Crippen molar-refractivity contribution in [3.8, 4) is 0 Å². The minimum absolute atomic E-state index is 0.326. The number of rotatable bonds is 8. The SMILES string of the molecule is C=CC(=O)OCC[N+](C)(CC)CCCC. The van der Waals surface area contributed by atoms with Crippen LogP contribution in [-0.4, -0.2) is 43.7 Å². The maximum Gasteiger partial charge on any atom is 0.330 e. The van der Waals surface area contributed by atoms with Crippen molar-refractivity contribution in [3.05, 3.63) is 12.7 Å². The van der Waals surface area contributed by atoms with E-state index in [-0.39, 0.29) is 5.97 Å². The van der Waals surface area contributed by atoms with Gasteiger partial charge in [-0.25, -0.2) is 4.79 Å². The smallest absolute Gasteiger partial charge is 0.330 e.